The van der Waals surface area contributed by atoms with E-state index in [1.807, 2.05) is 53.4 Å². The predicted octanol–water partition coefficient (Wildman–Crippen LogP) is 3.18. The number of amides is 1. The lowest BCUT2D eigenvalue weighted by Gasteiger charge is -2.33. The fourth-order valence-electron chi connectivity index (χ4n) is 4.15. The van der Waals surface area contributed by atoms with E-state index in [1.165, 1.54) is 5.56 Å². The van der Waals surface area contributed by atoms with Gasteiger partial charge in [-0.15, -0.1) is 0 Å². The number of anilines is 3. The summed E-state index contributed by atoms with van der Waals surface area (Å²) >= 11 is 0. The lowest BCUT2D eigenvalue weighted by Crippen LogP contribution is -2.45. The minimum Gasteiger partial charge on any atom is -0.369 e. The molecule has 4 heterocycles. The molecule has 0 aliphatic carbocycles. The molecule has 2 aliphatic rings. The van der Waals surface area contributed by atoms with Crippen molar-refractivity contribution in [1.29, 1.82) is 0 Å². The Kier molecular flexibility index (Phi) is 5.60. The highest BCUT2D eigenvalue weighted by Gasteiger charge is 2.29. The van der Waals surface area contributed by atoms with Crippen molar-refractivity contribution < 1.29 is 9.53 Å². The first-order chi connectivity index (χ1) is 15.3. The standard InChI is InChI=1S/C24H25N5O2/c30-24(29-12-10-18-5-1-2-6-21(18)29)17-28-13-14-31-22(16-28)20-9-8-19(15-26-20)27-23-7-3-4-11-25-23/h1-9,11,15,22H,10,12-14,16-17H2,(H,25,27)/t22-/m1/s1. The first-order valence-electron chi connectivity index (χ1n) is 10.6. The second-order valence-electron chi connectivity index (χ2n) is 7.83. The van der Waals surface area contributed by atoms with E-state index in [1.54, 1.807) is 12.4 Å². The first-order valence-corrected chi connectivity index (χ1v) is 10.6. The number of morpholine rings is 1. The van der Waals surface area contributed by atoms with Crippen LogP contribution in [0.25, 0.3) is 0 Å². The van der Waals surface area contributed by atoms with Gasteiger partial charge in [-0.3, -0.25) is 14.7 Å². The molecule has 7 nitrogen and oxygen atoms in total. The van der Waals surface area contributed by atoms with Crippen molar-refractivity contribution in [1.82, 2.24) is 14.9 Å². The van der Waals surface area contributed by atoms with Gasteiger partial charge < -0.3 is 15.0 Å². The van der Waals surface area contributed by atoms with E-state index in [4.69, 9.17) is 4.74 Å². The van der Waals surface area contributed by atoms with E-state index in [-0.39, 0.29) is 12.0 Å². The largest absolute Gasteiger partial charge is 0.369 e. The molecule has 0 saturated carbocycles. The lowest BCUT2D eigenvalue weighted by molar-refractivity contribution is -0.121. The zero-order chi connectivity index (χ0) is 21.0. The molecule has 1 N–H and O–H groups in total. The molecule has 1 saturated heterocycles. The van der Waals surface area contributed by atoms with Crippen LogP contribution in [0.2, 0.25) is 0 Å². The van der Waals surface area contributed by atoms with Crippen molar-refractivity contribution in [2.75, 3.05) is 43.0 Å². The number of benzene rings is 1. The number of rotatable bonds is 5. The number of hydrogen-bond donors (Lipinski definition) is 1. The summed E-state index contributed by atoms with van der Waals surface area (Å²) in [5.74, 6) is 0.924. The third-order valence-electron chi connectivity index (χ3n) is 5.75. The van der Waals surface area contributed by atoms with Crippen molar-refractivity contribution in [3.8, 4) is 0 Å². The van der Waals surface area contributed by atoms with Crippen LogP contribution < -0.4 is 10.2 Å². The van der Waals surface area contributed by atoms with Crippen LogP contribution in [0.4, 0.5) is 17.2 Å². The van der Waals surface area contributed by atoms with Crippen LogP contribution in [0.3, 0.4) is 0 Å². The van der Waals surface area contributed by atoms with Crippen LogP contribution in [-0.2, 0) is 16.0 Å². The Hall–Kier alpha value is -3.29. The van der Waals surface area contributed by atoms with Gasteiger partial charge in [0.25, 0.3) is 0 Å². The summed E-state index contributed by atoms with van der Waals surface area (Å²) in [7, 11) is 0. The molecular formula is C24H25N5O2. The fourth-order valence-corrected chi connectivity index (χ4v) is 4.15. The van der Waals surface area contributed by atoms with Gasteiger partial charge in [0.1, 0.15) is 11.9 Å². The molecule has 7 heteroatoms. The highest BCUT2D eigenvalue weighted by Crippen LogP contribution is 2.28. The number of nitrogens with one attached hydrogen (secondary N) is 1. The van der Waals surface area contributed by atoms with Gasteiger partial charge in [-0.25, -0.2) is 4.98 Å². The third-order valence-corrected chi connectivity index (χ3v) is 5.75. The number of carbonyl (C=O) groups excluding carboxylic acids is 1. The first kappa shape index (κ1) is 19.7. The van der Waals surface area contributed by atoms with Crippen LogP contribution in [0, 0.1) is 0 Å². The zero-order valence-corrected chi connectivity index (χ0v) is 17.3. The number of fused-ring (bicyclic) bond motifs is 1. The Morgan fingerprint density at radius 2 is 1.97 bits per heavy atom. The minimum absolute atomic E-state index is 0.142. The summed E-state index contributed by atoms with van der Waals surface area (Å²) in [6.45, 7) is 3.15. The molecular weight excluding hydrogens is 390 g/mol. The molecule has 1 atom stereocenters. The van der Waals surface area contributed by atoms with Crippen molar-refractivity contribution in [2.45, 2.75) is 12.5 Å². The summed E-state index contributed by atoms with van der Waals surface area (Å²) in [6.07, 6.45) is 4.32. The van der Waals surface area contributed by atoms with Crippen molar-refractivity contribution >= 4 is 23.1 Å². The maximum atomic E-state index is 13.0. The molecule has 0 bridgehead atoms. The summed E-state index contributed by atoms with van der Waals surface area (Å²) < 4.78 is 5.95. The van der Waals surface area contributed by atoms with Gasteiger partial charge in [-0.05, 0) is 42.3 Å². The quantitative estimate of drug-likeness (QED) is 0.690. The fraction of sp³-hybridized carbons (Fsp3) is 0.292. The van der Waals surface area contributed by atoms with Gasteiger partial charge in [0, 0.05) is 31.5 Å². The van der Waals surface area contributed by atoms with Crippen LogP contribution in [0.15, 0.2) is 67.0 Å². The number of pyridine rings is 2. The van der Waals surface area contributed by atoms with Crippen LogP contribution in [0.1, 0.15) is 17.4 Å². The van der Waals surface area contributed by atoms with E-state index in [0.717, 1.165) is 42.4 Å². The number of hydrogen-bond acceptors (Lipinski definition) is 6. The number of carbonyl (C=O) groups is 1. The molecule has 1 fully saturated rings. The normalized spacial score (nSPS) is 18.6. The molecule has 31 heavy (non-hydrogen) atoms. The van der Waals surface area contributed by atoms with E-state index in [9.17, 15) is 4.79 Å². The lowest BCUT2D eigenvalue weighted by atomic mass is 10.1. The Morgan fingerprint density at radius 3 is 2.81 bits per heavy atom. The maximum absolute atomic E-state index is 13.0. The Morgan fingerprint density at radius 1 is 1.06 bits per heavy atom. The van der Waals surface area contributed by atoms with Gasteiger partial charge >= 0.3 is 0 Å². The Balaban J connectivity index is 1.20. The number of nitrogens with zero attached hydrogens (tertiary/aromatic N) is 4. The molecule has 0 spiro atoms. The van der Waals surface area contributed by atoms with Crippen LogP contribution in [0.5, 0.6) is 0 Å². The second kappa shape index (κ2) is 8.83. The SMILES string of the molecule is O=C(CN1CCO[C@@H](c2ccc(Nc3ccccn3)cn2)C1)N1CCc2ccccc21. The van der Waals surface area contributed by atoms with E-state index in [0.29, 0.717) is 19.7 Å². The van der Waals surface area contributed by atoms with Gasteiger partial charge in [0.15, 0.2) is 0 Å². The van der Waals surface area contributed by atoms with E-state index >= 15 is 0 Å². The van der Waals surface area contributed by atoms with Gasteiger partial charge in [0.2, 0.25) is 5.91 Å². The average molecular weight is 415 g/mol. The van der Waals surface area contributed by atoms with Crippen molar-refractivity contribution in [3.63, 3.8) is 0 Å². The van der Waals surface area contributed by atoms with Crippen LogP contribution >= 0.6 is 0 Å². The number of aromatic nitrogens is 2. The molecule has 158 valence electrons. The molecule has 5 rings (SSSR count). The molecule has 1 aromatic carbocycles. The smallest absolute Gasteiger partial charge is 0.241 e. The topological polar surface area (TPSA) is 70.6 Å². The monoisotopic (exact) mass is 415 g/mol. The predicted molar refractivity (Wildman–Crippen MR) is 119 cm³/mol. The summed E-state index contributed by atoms with van der Waals surface area (Å²) in [5.41, 5.74) is 4.04. The molecule has 0 unspecified atom stereocenters. The summed E-state index contributed by atoms with van der Waals surface area (Å²) in [4.78, 5) is 25.9. The molecule has 1 amide bonds. The summed E-state index contributed by atoms with van der Waals surface area (Å²) in [6, 6.07) is 17.8. The Labute approximate surface area is 181 Å². The molecule has 3 aromatic rings. The maximum Gasteiger partial charge on any atom is 0.241 e. The third kappa shape index (κ3) is 4.42. The zero-order valence-electron chi connectivity index (χ0n) is 17.3. The Bertz CT molecular complexity index is 1040. The van der Waals surface area contributed by atoms with Crippen molar-refractivity contribution in [2.24, 2.45) is 0 Å². The summed E-state index contributed by atoms with van der Waals surface area (Å²) in [5, 5.41) is 3.23. The molecule has 2 aliphatic heterocycles. The van der Waals surface area contributed by atoms with Crippen LogP contribution in [-0.4, -0.2) is 53.6 Å². The second-order valence-corrected chi connectivity index (χ2v) is 7.83. The number of ether oxygens (including phenoxy) is 1. The van der Waals surface area contributed by atoms with Gasteiger partial charge in [-0.1, -0.05) is 24.3 Å². The average Bonchev–Trinajstić information content (AvgIpc) is 3.25. The highest BCUT2D eigenvalue weighted by molar-refractivity contribution is 5.96. The minimum atomic E-state index is -0.142. The van der Waals surface area contributed by atoms with E-state index in [2.05, 4.69) is 26.3 Å². The highest BCUT2D eigenvalue weighted by atomic mass is 16.5. The van der Waals surface area contributed by atoms with Gasteiger partial charge in [-0.2, -0.15) is 0 Å². The van der Waals surface area contributed by atoms with Crippen molar-refractivity contribution in [3.05, 3.63) is 78.2 Å². The molecule has 0 radical (unpaired) electrons. The number of para-hydroxylation sites is 1. The van der Waals surface area contributed by atoms with Gasteiger partial charge in [0.05, 0.1) is 30.7 Å². The van der Waals surface area contributed by atoms with E-state index < -0.39 is 0 Å². The molecule has 2 aromatic heterocycles.